The predicted molar refractivity (Wildman–Crippen MR) is 184 cm³/mol. The number of terminal acetylenes is 1. The van der Waals surface area contributed by atoms with E-state index in [1.165, 1.54) is 4.57 Å². The van der Waals surface area contributed by atoms with Crippen LogP contribution in [0.5, 0.6) is 0 Å². The lowest BCUT2D eigenvalue weighted by Gasteiger charge is -2.30. The second-order valence-corrected chi connectivity index (χ2v) is 12.8. The fourth-order valence-electron chi connectivity index (χ4n) is 5.74. The Morgan fingerprint density at radius 3 is 2.41 bits per heavy atom. The van der Waals surface area contributed by atoms with Gasteiger partial charge in [-0.3, -0.25) is 23.7 Å². The Labute approximate surface area is 286 Å². The lowest BCUT2D eigenvalue weighted by atomic mass is 9.98. The van der Waals surface area contributed by atoms with Crippen LogP contribution < -0.4 is 15.8 Å². The van der Waals surface area contributed by atoms with Crippen LogP contribution in [0.1, 0.15) is 87.2 Å². The van der Waals surface area contributed by atoms with Crippen LogP contribution in [0.2, 0.25) is 0 Å². The van der Waals surface area contributed by atoms with Crippen molar-refractivity contribution in [2.75, 3.05) is 24.7 Å². The molecule has 1 aliphatic carbocycles. The molecule has 12 heteroatoms. The molecule has 49 heavy (non-hydrogen) atoms. The van der Waals surface area contributed by atoms with Gasteiger partial charge in [-0.15, -0.1) is 6.42 Å². The Bertz CT molecular complexity index is 1820. The Morgan fingerprint density at radius 2 is 1.78 bits per heavy atom. The molecule has 1 unspecified atom stereocenters. The number of ether oxygens (including phenoxy) is 3. The van der Waals surface area contributed by atoms with Crippen molar-refractivity contribution < 1.29 is 33.4 Å². The molecule has 2 atom stereocenters. The molecule has 4 rings (SSSR count). The molecule has 260 valence electrons. The van der Waals surface area contributed by atoms with E-state index in [1.54, 1.807) is 65.8 Å². The van der Waals surface area contributed by atoms with E-state index in [2.05, 4.69) is 16.2 Å². The molecule has 1 heterocycles. The molecular formula is C37H44N4O8. The summed E-state index contributed by atoms with van der Waals surface area (Å²) in [4.78, 5) is 70.3. The molecule has 0 saturated heterocycles. The van der Waals surface area contributed by atoms with Crippen LogP contribution >= 0.6 is 0 Å². The zero-order chi connectivity index (χ0) is 35.9. The van der Waals surface area contributed by atoms with E-state index in [1.807, 2.05) is 17.0 Å². The van der Waals surface area contributed by atoms with Crippen LogP contribution in [0, 0.1) is 24.7 Å². The van der Waals surface area contributed by atoms with Crippen molar-refractivity contribution in [1.29, 1.82) is 0 Å². The van der Waals surface area contributed by atoms with Crippen LogP contribution in [0.3, 0.4) is 0 Å². The molecule has 0 saturated carbocycles. The largest absolute Gasteiger partial charge is 0.466 e. The summed E-state index contributed by atoms with van der Waals surface area (Å²) in [6.45, 7) is 10.7. The topological polar surface area (TPSA) is 146 Å². The molecule has 1 N–H and O–H groups in total. The molecule has 1 aromatic heterocycles. The van der Waals surface area contributed by atoms with Gasteiger partial charge in [-0.25, -0.2) is 9.78 Å². The Kier molecular flexibility index (Phi) is 11.8. The molecule has 1 aliphatic rings. The van der Waals surface area contributed by atoms with E-state index in [4.69, 9.17) is 20.6 Å². The van der Waals surface area contributed by atoms with Crippen LogP contribution in [0.15, 0.2) is 41.2 Å². The minimum Gasteiger partial charge on any atom is -0.466 e. The second-order valence-electron chi connectivity index (χ2n) is 12.8. The minimum atomic E-state index is -1.02. The molecule has 0 bridgehead atoms. The average Bonchev–Trinajstić information content (AvgIpc) is 3.46. The summed E-state index contributed by atoms with van der Waals surface area (Å²) in [5.41, 5.74) is 2.64. The zero-order valence-electron chi connectivity index (χ0n) is 29.0. The second kappa shape index (κ2) is 15.8. The standard InChI is InChI=1S/C37H44N4O8/c1-8-19-40(26-14-11-24(12-15-26)33(43)39-29(35(45)48-10-3)16-18-32(42)47-9-2)31-17-13-25-20-30-28(21-27(25)31)34(44)41(23(4)38-30)22-49-36(46)37(5,6)7/h1,11-12,14-15,20-21,29,31H,9-10,13,16-19,22H2,2-7H3,(H,39,43)/t29-,31?/m0/s1. The fraction of sp³-hybridized carbons (Fsp3) is 0.459. The lowest BCUT2D eigenvalue weighted by molar-refractivity contribution is -0.157. The van der Waals surface area contributed by atoms with Gasteiger partial charge in [0.25, 0.3) is 11.5 Å². The van der Waals surface area contributed by atoms with Crippen LogP contribution in [-0.4, -0.2) is 59.2 Å². The van der Waals surface area contributed by atoms with E-state index in [0.29, 0.717) is 22.3 Å². The molecule has 0 radical (unpaired) electrons. The quantitative estimate of drug-likeness (QED) is 0.158. The first-order valence-corrected chi connectivity index (χ1v) is 16.4. The van der Waals surface area contributed by atoms with Crippen molar-refractivity contribution in [3.63, 3.8) is 0 Å². The number of aromatic nitrogens is 2. The summed E-state index contributed by atoms with van der Waals surface area (Å²) in [5, 5.41) is 3.09. The van der Waals surface area contributed by atoms with Crippen molar-refractivity contribution >= 4 is 40.4 Å². The van der Waals surface area contributed by atoms with E-state index < -0.39 is 35.3 Å². The third-order valence-electron chi connectivity index (χ3n) is 8.31. The summed E-state index contributed by atoms with van der Waals surface area (Å²) in [7, 11) is 0. The number of hydrogen-bond donors (Lipinski definition) is 1. The lowest BCUT2D eigenvalue weighted by Crippen LogP contribution is -2.42. The number of hydrogen-bond acceptors (Lipinski definition) is 10. The number of anilines is 1. The number of nitrogens with zero attached hydrogens (tertiary/aromatic N) is 3. The van der Waals surface area contributed by atoms with Crippen molar-refractivity contribution in [1.82, 2.24) is 14.9 Å². The van der Waals surface area contributed by atoms with Crippen LogP contribution in [0.4, 0.5) is 5.69 Å². The number of fused-ring (bicyclic) bond motifs is 2. The van der Waals surface area contributed by atoms with E-state index in [0.717, 1.165) is 29.7 Å². The summed E-state index contributed by atoms with van der Waals surface area (Å²) >= 11 is 0. The van der Waals surface area contributed by atoms with E-state index >= 15 is 0 Å². The highest BCUT2D eigenvalue weighted by Gasteiger charge is 2.30. The van der Waals surface area contributed by atoms with Gasteiger partial charge in [0.15, 0.2) is 6.73 Å². The molecule has 1 amide bonds. The highest BCUT2D eigenvalue weighted by atomic mass is 16.5. The maximum Gasteiger partial charge on any atom is 0.328 e. The van der Waals surface area contributed by atoms with Gasteiger partial charge in [0.2, 0.25) is 0 Å². The summed E-state index contributed by atoms with van der Waals surface area (Å²) in [5.74, 6) is 1.15. The zero-order valence-corrected chi connectivity index (χ0v) is 29.0. The van der Waals surface area contributed by atoms with Crippen molar-refractivity contribution in [2.45, 2.75) is 86.0 Å². The van der Waals surface area contributed by atoms with Gasteiger partial charge < -0.3 is 24.4 Å². The van der Waals surface area contributed by atoms with E-state index in [9.17, 15) is 24.0 Å². The Hall–Kier alpha value is -5.18. The smallest absolute Gasteiger partial charge is 0.328 e. The number of aryl methyl sites for hydroxylation is 2. The number of esters is 3. The first kappa shape index (κ1) is 36.7. The predicted octanol–water partition coefficient (Wildman–Crippen LogP) is 4.38. The maximum absolute atomic E-state index is 13.6. The normalized spacial score (nSPS) is 14.3. The van der Waals surface area contributed by atoms with Gasteiger partial charge in [0.05, 0.1) is 42.1 Å². The Morgan fingerprint density at radius 1 is 1.08 bits per heavy atom. The van der Waals surface area contributed by atoms with Crippen LogP contribution in [0.25, 0.3) is 10.9 Å². The highest BCUT2D eigenvalue weighted by molar-refractivity contribution is 5.97. The van der Waals surface area contributed by atoms with Gasteiger partial charge in [0, 0.05) is 17.7 Å². The summed E-state index contributed by atoms with van der Waals surface area (Å²) < 4.78 is 16.8. The minimum absolute atomic E-state index is 0.0371. The average molecular weight is 673 g/mol. The van der Waals surface area contributed by atoms with Gasteiger partial charge in [-0.1, -0.05) is 5.92 Å². The highest BCUT2D eigenvalue weighted by Crippen LogP contribution is 2.39. The SMILES string of the molecule is C#CCN(c1ccc(C(=O)N[C@@H](CCC(=O)OCC)C(=O)OCC)cc1)C1CCc2cc3nc(C)n(COC(=O)C(C)(C)C)c(=O)c3cc21. The number of rotatable bonds is 13. The molecule has 3 aromatic rings. The summed E-state index contributed by atoms with van der Waals surface area (Å²) in [6.07, 6.45) is 7.30. The van der Waals surface area contributed by atoms with Gasteiger partial charge >= 0.3 is 17.9 Å². The number of amides is 1. The summed E-state index contributed by atoms with van der Waals surface area (Å²) in [6, 6.07) is 9.47. The fourth-order valence-corrected chi connectivity index (χ4v) is 5.74. The molecular weight excluding hydrogens is 628 g/mol. The third-order valence-corrected chi connectivity index (χ3v) is 8.31. The number of carbonyl (C=O) groups excluding carboxylic acids is 4. The van der Waals surface area contributed by atoms with Crippen molar-refractivity contribution in [3.05, 3.63) is 69.3 Å². The van der Waals surface area contributed by atoms with Crippen molar-refractivity contribution in [2.24, 2.45) is 5.41 Å². The maximum atomic E-state index is 13.6. The van der Waals surface area contributed by atoms with Crippen LogP contribution in [-0.2, 0) is 41.7 Å². The number of benzene rings is 2. The number of nitrogens with one attached hydrogen (secondary N) is 1. The Balaban J connectivity index is 1.57. The molecule has 0 aliphatic heterocycles. The van der Waals surface area contributed by atoms with Crippen molar-refractivity contribution in [3.8, 4) is 12.3 Å². The van der Waals surface area contributed by atoms with Gasteiger partial charge in [0.1, 0.15) is 11.9 Å². The molecule has 0 fully saturated rings. The molecule has 12 nitrogen and oxygen atoms in total. The molecule has 2 aromatic carbocycles. The van der Waals surface area contributed by atoms with Gasteiger partial charge in [-0.2, -0.15) is 0 Å². The first-order valence-electron chi connectivity index (χ1n) is 16.4. The van der Waals surface area contributed by atoms with Gasteiger partial charge in [-0.05, 0) is 108 Å². The number of carbonyl (C=O) groups is 4. The van der Waals surface area contributed by atoms with E-state index in [-0.39, 0.29) is 50.9 Å². The third kappa shape index (κ3) is 8.65. The monoisotopic (exact) mass is 672 g/mol. The molecule has 0 spiro atoms. The first-order chi connectivity index (χ1) is 23.3.